The molecular weight excluding hydrogens is 192 g/mol. The van der Waals surface area contributed by atoms with Crippen LogP contribution in [0.1, 0.15) is 24.0 Å². The number of rotatable bonds is 0. The van der Waals surface area contributed by atoms with Crippen molar-refractivity contribution in [3.05, 3.63) is 35.4 Å². The van der Waals surface area contributed by atoms with E-state index in [1.54, 1.807) is 0 Å². The van der Waals surface area contributed by atoms with Gasteiger partial charge in [-0.15, -0.1) is 0 Å². The van der Waals surface area contributed by atoms with E-state index in [0.29, 0.717) is 17.8 Å². The zero-order valence-electron chi connectivity index (χ0n) is 8.22. The number of hydrogen-bond acceptors (Lipinski definition) is 4. The van der Waals surface area contributed by atoms with Crippen LogP contribution in [0.25, 0.3) is 0 Å². The van der Waals surface area contributed by atoms with Crippen molar-refractivity contribution in [1.82, 2.24) is 0 Å². The van der Waals surface area contributed by atoms with Crippen LogP contribution in [0.15, 0.2) is 34.6 Å². The van der Waals surface area contributed by atoms with Gasteiger partial charge in [0, 0.05) is 5.56 Å². The first-order valence-corrected chi connectivity index (χ1v) is 4.88. The van der Waals surface area contributed by atoms with Crippen molar-refractivity contribution < 1.29 is 10.4 Å². The molecular formula is C11H12N2O2. The third kappa shape index (κ3) is 1.70. The molecule has 0 radical (unpaired) electrons. The molecule has 15 heavy (non-hydrogen) atoms. The van der Waals surface area contributed by atoms with Crippen LogP contribution >= 0.6 is 0 Å². The van der Waals surface area contributed by atoms with E-state index in [2.05, 4.69) is 10.3 Å². The highest BCUT2D eigenvalue weighted by atomic mass is 16.4. The lowest BCUT2D eigenvalue weighted by Crippen LogP contribution is -2.14. The van der Waals surface area contributed by atoms with Gasteiger partial charge >= 0.3 is 0 Å². The van der Waals surface area contributed by atoms with Crippen molar-refractivity contribution in [1.29, 1.82) is 0 Å². The zero-order chi connectivity index (χ0) is 10.7. The van der Waals surface area contributed by atoms with Gasteiger partial charge in [-0.1, -0.05) is 34.6 Å². The Labute approximate surface area is 87.5 Å². The number of benzene rings is 1. The maximum atomic E-state index is 8.96. The second-order valence-corrected chi connectivity index (χ2v) is 3.51. The average Bonchev–Trinajstić information content (AvgIpc) is 2.47. The summed E-state index contributed by atoms with van der Waals surface area (Å²) in [5.74, 6) is 0. The monoisotopic (exact) mass is 204 g/mol. The predicted octanol–water partition coefficient (Wildman–Crippen LogP) is 2.03. The lowest BCUT2D eigenvalue weighted by molar-refractivity contribution is 0.313. The Bertz CT molecular complexity index is 424. The Kier molecular flexibility index (Phi) is 2.67. The van der Waals surface area contributed by atoms with Crippen LogP contribution in [-0.2, 0) is 6.42 Å². The minimum absolute atomic E-state index is 0.380. The fraction of sp³-hybridized carbons (Fsp3) is 0.273. The summed E-state index contributed by atoms with van der Waals surface area (Å²) in [6.07, 6.45) is 2.44. The van der Waals surface area contributed by atoms with E-state index >= 15 is 0 Å². The lowest BCUT2D eigenvalue weighted by atomic mass is 10.0. The van der Waals surface area contributed by atoms with Crippen LogP contribution < -0.4 is 0 Å². The van der Waals surface area contributed by atoms with Crippen molar-refractivity contribution in [2.24, 2.45) is 10.3 Å². The maximum Gasteiger partial charge on any atom is 0.134 e. The molecule has 1 aromatic carbocycles. The van der Waals surface area contributed by atoms with Crippen LogP contribution in [0.2, 0.25) is 0 Å². The molecule has 4 heteroatoms. The Balaban J connectivity index is 2.56. The Morgan fingerprint density at radius 2 is 1.80 bits per heavy atom. The van der Waals surface area contributed by atoms with Crippen molar-refractivity contribution >= 4 is 11.4 Å². The molecule has 2 rings (SSSR count). The highest BCUT2D eigenvalue weighted by Crippen LogP contribution is 2.19. The summed E-state index contributed by atoms with van der Waals surface area (Å²) in [4.78, 5) is 0. The lowest BCUT2D eigenvalue weighted by Gasteiger charge is -2.05. The summed E-state index contributed by atoms with van der Waals surface area (Å²) in [5, 5.41) is 24.2. The number of aryl methyl sites for hydroxylation is 1. The van der Waals surface area contributed by atoms with E-state index in [0.717, 1.165) is 24.0 Å². The molecule has 2 N–H and O–H groups in total. The third-order valence-corrected chi connectivity index (χ3v) is 2.63. The molecule has 1 aliphatic rings. The van der Waals surface area contributed by atoms with Gasteiger partial charge in [0.05, 0.1) is 0 Å². The summed E-state index contributed by atoms with van der Waals surface area (Å²) in [5.41, 5.74) is 2.81. The molecule has 0 fully saturated rings. The quantitative estimate of drug-likeness (QED) is 0.386. The largest absolute Gasteiger partial charge is 0.411 e. The number of hydrogen-bond donors (Lipinski definition) is 2. The van der Waals surface area contributed by atoms with E-state index in [9.17, 15) is 0 Å². The molecule has 0 unspecified atom stereocenters. The van der Waals surface area contributed by atoms with E-state index < -0.39 is 0 Å². The van der Waals surface area contributed by atoms with Gasteiger partial charge in [0.15, 0.2) is 0 Å². The van der Waals surface area contributed by atoms with Gasteiger partial charge in [0.25, 0.3) is 0 Å². The van der Waals surface area contributed by atoms with E-state index in [1.807, 2.05) is 24.3 Å². The molecule has 0 saturated carbocycles. The van der Waals surface area contributed by atoms with Crippen molar-refractivity contribution in [3.8, 4) is 0 Å². The second kappa shape index (κ2) is 4.13. The van der Waals surface area contributed by atoms with Gasteiger partial charge in [-0.2, -0.15) is 0 Å². The maximum absolute atomic E-state index is 8.96. The summed E-state index contributed by atoms with van der Waals surface area (Å²) < 4.78 is 0. The van der Waals surface area contributed by atoms with Gasteiger partial charge in [-0.25, -0.2) is 0 Å². The van der Waals surface area contributed by atoms with Crippen LogP contribution in [0, 0.1) is 0 Å². The predicted molar refractivity (Wildman–Crippen MR) is 56.9 cm³/mol. The molecule has 0 aromatic heterocycles. The first kappa shape index (κ1) is 9.71. The van der Waals surface area contributed by atoms with Crippen LogP contribution in [0.5, 0.6) is 0 Å². The fourth-order valence-electron chi connectivity index (χ4n) is 1.90. The number of oxime groups is 2. The van der Waals surface area contributed by atoms with Gasteiger partial charge in [0.1, 0.15) is 11.4 Å². The van der Waals surface area contributed by atoms with Crippen LogP contribution in [0.3, 0.4) is 0 Å². The van der Waals surface area contributed by atoms with Crippen LogP contribution in [0.4, 0.5) is 0 Å². The molecule has 1 aromatic rings. The molecule has 0 amide bonds. The minimum atomic E-state index is 0.380. The summed E-state index contributed by atoms with van der Waals surface area (Å²) >= 11 is 0. The normalized spacial score (nSPS) is 21.3. The van der Waals surface area contributed by atoms with Gasteiger partial charge in [-0.3, -0.25) is 0 Å². The molecule has 0 bridgehead atoms. The molecule has 0 spiro atoms. The second-order valence-electron chi connectivity index (χ2n) is 3.51. The van der Waals surface area contributed by atoms with Crippen molar-refractivity contribution in [3.63, 3.8) is 0 Å². The Hall–Kier alpha value is -1.84. The van der Waals surface area contributed by atoms with Gasteiger partial charge in [0.2, 0.25) is 0 Å². The highest BCUT2D eigenvalue weighted by molar-refractivity contribution is 6.48. The smallest absolute Gasteiger partial charge is 0.134 e. The number of nitrogens with zero attached hydrogens (tertiary/aromatic N) is 2. The first-order valence-electron chi connectivity index (χ1n) is 4.88. The molecule has 0 aliphatic heterocycles. The van der Waals surface area contributed by atoms with Gasteiger partial charge < -0.3 is 10.4 Å². The SMILES string of the molecule is ON=C1CCCc2ccccc2C1=NO. The fourth-order valence-corrected chi connectivity index (χ4v) is 1.90. The molecule has 78 valence electrons. The summed E-state index contributed by atoms with van der Waals surface area (Å²) in [6.45, 7) is 0. The zero-order valence-corrected chi connectivity index (χ0v) is 8.22. The van der Waals surface area contributed by atoms with E-state index in [-0.39, 0.29) is 0 Å². The molecule has 1 aliphatic carbocycles. The minimum Gasteiger partial charge on any atom is -0.411 e. The van der Waals surface area contributed by atoms with Gasteiger partial charge in [-0.05, 0) is 24.8 Å². The molecule has 0 saturated heterocycles. The third-order valence-electron chi connectivity index (χ3n) is 2.63. The summed E-state index contributed by atoms with van der Waals surface area (Å²) in [6, 6.07) is 7.71. The first-order chi connectivity index (χ1) is 7.36. The Morgan fingerprint density at radius 3 is 2.53 bits per heavy atom. The Morgan fingerprint density at radius 1 is 1.00 bits per heavy atom. The topological polar surface area (TPSA) is 65.2 Å². The summed E-state index contributed by atoms with van der Waals surface area (Å²) in [7, 11) is 0. The number of fused-ring (bicyclic) bond motifs is 1. The van der Waals surface area contributed by atoms with Crippen molar-refractivity contribution in [2.45, 2.75) is 19.3 Å². The highest BCUT2D eigenvalue weighted by Gasteiger charge is 2.19. The van der Waals surface area contributed by atoms with Crippen molar-refractivity contribution in [2.75, 3.05) is 0 Å². The molecule has 4 nitrogen and oxygen atoms in total. The van der Waals surface area contributed by atoms with E-state index in [4.69, 9.17) is 10.4 Å². The van der Waals surface area contributed by atoms with E-state index in [1.165, 1.54) is 0 Å². The average molecular weight is 204 g/mol. The molecule has 0 heterocycles. The molecule has 0 atom stereocenters. The van der Waals surface area contributed by atoms with Crippen LogP contribution in [-0.4, -0.2) is 21.8 Å². The standard InChI is InChI=1S/C11H12N2O2/c14-12-10-7-3-5-8-4-1-2-6-9(8)11(10)13-15/h1-2,4,6,14-15H,3,5,7H2.